The molecule has 7 rings (SSSR count). The summed E-state index contributed by atoms with van der Waals surface area (Å²) >= 11 is 0. The van der Waals surface area contributed by atoms with Crippen LogP contribution in [0.3, 0.4) is 0 Å². The summed E-state index contributed by atoms with van der Waals surface area (Å²) in [7, 11) is -4.35. The Hall–Kier alpha value is -4.98. The van der Waals surface area contributed by atoms with Crippen molar-refractivity contribution in [2.45, 2.75) is 20.8 Å². The largest absolute Gasteiger partial charge is 0.496 e. The summed E-state index contributed by atoms with van der Waals surface area (Å²) in [5.74, 6) is 1.11. The maximum Gasteiger partial charge on any atom is 0.308 e. The van der Waals surface area contributed by atoms with Crippen LogP contribution in [0.15, 0.2) is 146 Å². The number of benzene rings is 6. The van der Waals surface area contributed by atoms with Gasteiger partial charge in [-0.1, -0.05) is 154 Å². The first-order valence-electron chi connectivity index (χ1n) is 15.7. The van der Waals surface area contributed by atoms with Crippen LogP contribution in [0.4, 0.5) is 0 Å². The van der Waals surface area contributed by atoms with E-state index in [0.29, 0.717) is 5.75 Å². The van der Waals surface area contributed by atoms with Gasteiger partial charge in [0.05, 0.1) is 7.11 Å². The molecule has 6 aromatic carbocycles. The van der Waals surface area contributed by atoms with Crippen molar-refractivity contribution in [3.05, 3.63) is 157 Å². The molecule has 226 valence electrons. The molecule has 0 saturated heterocycles. The molecule has 6 aromatic rings. The first-order chi connectivity index (χ1) is 22.4. The van der Waals surface area contributed by atoms with Crippen LogP contribution < -0.4 is 40.6 Å². The molecule has 0 saturated carbocycles. The lowest BCUT2D eigenvalue weighted by atomic mass is 10.0. The first kappa shape index (κ1) is 29.7. The molecule has 46 heavy (non-hydrogen) atoms. The number of rotatable bonds is 6. The van der Waals surface area contributed by atoms with Crippen molar-refractivity contribution in [1.82, 2.24) is 0 Å². The number of hydrogen-bond donors (Lipinski definition) is 0. The van der Waals surface area contributed by atoms with Gasteiger partial charge in [-0.3, -0.25) is 4.79 Å². The standard InChI is InChI=1S/C41H36O3Si2/c1-29-25-40-36(27-38(29)43-4)37-28-39(44-31(3)42)30(2)26-41(37)46(34-21-13-7-14-22-34,35-23-15-8-16-24-35)45(40,32-17-9-5-10-18-32)33-19-11-6-12-20-33/h5-28H,1-4H3. The molecular formula is C41H36O3Si2. The van der Waals surface area contributed by atoms with Crippen LogP contribution >= 0.6 is 0 Å². The number of hydrogen-bond acceptors (Lipinski definition) is 3. The van der Waals surface area contributed by atoms with Crippen LogP contribution in [0.25, 0.3) is 11.1 Å². The van der Waals surface area contributed by atoms with E-state index in [1.54, 1.807) is 7.11 Å². The first-order valence-corrected chi connectivity index (χ1v) is 20.7. The van der Waals surface area contributed by atoms with Crippen LogP contribution in [-0.2, 0) is 4.79 Å². The van der Waals surface area contributed by atoms with Crippen LogP contribution in [-0.4, -0.2) is 28.3 Å². The Bertz CT molecular complexity index is 1960. The maximum absolute atomic E-state index is 12.3. The third-order valence-electron chi connectivity index (χ3n) is 9.59. The molecule has 0 aromatic heterocycles. The Labute approximate surface area is 272 Å². The van der Waals surface area contributed by atoms with Gasteiger partial charge in [0.15, 0.2) is 15.2 Å². The highest BCUT2D eigenvalue weighted by atomic mass is 29.3. The van der Waals surface area contributed by atoms with Crippen LogP contribution in [0, 0.1) is 13.8 Å². The molecule has 0 spiro atoms. The molecule has 1 aliphatic heterocycles. The smallest absolute Gasteiger partial charge is 0.308 e. The molecule has 0 bridgehead atoms. The number of fused-ring (bicyclic) bond motifs is 3. The Kier molecular flexibility index (Phi) is 7.59. The van der Waals surface area contributed by atoms with Gasteiger partial charge in [-0.25, -0.2) is 0 Å². The third kappa shape index (κ3) is 4.34. The van der Waals surface area contributed by atoms with Crippen molar-refractivity contribution in [1.29, 1.82) is 0 Å². The lowest BCUT2D eigenvalue weighted by Gasteiger charge is -2.54. The van der Waals surface area contributed by atoms with E-state index < -0.39 is 15.2 Å². The fourth-order valence-corrected chi connectivity index (χ4v) is 28.1. The Morgan fingerprint density at radius 3 is 1.15 bits per heavy atom. The number of esters is 1. The highest BCUT2D eigenvalue weighted by Crippen LogP contribution is 2.38. The van der Waals surface area contributed by atoms with Gasteiger partial charge in [0.2, 0.25) is 0 Å². The van der Waals surface area contributed by atoms with Crippen LogP contribution in [0.5, 0.6) is 11.5 Å². The van der Waals surface area contributed by atoms with Gasteiger partial charge < -0.3 is 9.47 Å². The number of carbonyl (C=O) groups is 1. The van der Waals surface area contributed by atoms with Gasteiger partial charge in [0, 0.05) is 6.92 Å². The molecular weight excluding hydrogens is 597 g/mol. The molecule has 0 fully saturated rings. The zero-order valence-electron chi connectivity index (χ0n) is 26.6. The van der Waals surface area contributed by atoms with Gasteiger partial charge in [0.1, 0.15) is 11.5 Å². The SMILES string of the molecule is COc1cc2c(cc1C)[Si](c1ccccc1)(c1ccccc1)[Si](c1ccccc1)(c1ccccc1)c1cc(C)c(OC(C)=O)cc1-2. The summed E-state index contributed by atoms with van der Waals surface area (Å²) in [6.45, 7) is 5.68. The van der Waals surface area contributed by atoms with E-state index in [-0.39, 0.29) is 5.97 Å². The van der Waals surface area contributed by atoms with E-state index in [4.69, 9.17) is 9.47 Å². The predicted molar refractivity (Wildman–Crippen MR) is 194 cm³/mol. The van der Waals surface area contributed by atoms with Crippen LogP contribution in [0.1, 0.15) is 18.1 Å². The second kappa shape index (κ2) is 11.7. The van der Waals surface area contributed by atoms with Gasteiger partial charge >= 0.3 is 5.97 Å². The lowest BCUT2D eigenvalue weighted by molar-refractivity contribution is -0.131. The molecule has 5 heteroatoms. The Morgan fingerprint density at radius 1 is 0.500 bits per heavy atom. The zero-order chi connectivity index (χ0) is 31.9. The molecule has 0 atom stereocenters. The van der Waals surface area contributed by atoms with E-state index in [9.17, 15) is 4.79 Å². The van der Waals surface area contributed by atoms with Crippen molar-refractivity contribution in [2.24, 2.45) is 0 Å². The quantitative estimate of drug-likeness (QED) is 0.148. The minimum atomic E-state index is -3.06. The van der Waals surface area contributed by atoms with Crippen LogP contribution in [0.2, 0.25) is 0 Å². The maximum atomic E-state index is 12.3. The van der Waals surface area contributed by atoms with Gasteiger partial charge in [0.25, 0.3) is 0 Å². The van der Waals surface area contributed by atoms with E-state index in [0.717, 1.165) is 28.0 Å². The highest BCUT2D eigenvalue weighted by Gasteiger charge is 2.65. The molecule has 0 unspecified atom stereocenters. The summed E-state index contributed by atoms with van der Waals surface area (Å²) in [5, 5.41) is 8.16. The minimum absolute atomic E-state index is 0.326. The number of methoxy groups -OCH3 is 1. The predicted octanol–water partition coefficient (Wildman–Crippen LogP) is 4.94. The molecule has 0 N–H and O–H groups in total. The van der Waals surface area contributed by atoms with E-state index in [2.05, 4.69) is 159 Å². The summed E-state index contributed by atoms with van der Waals surface area (Å²) in [6.07, 6.45) is 0. The fraction of sp³-hybridized carbons (Fsp3) is 0.0976. The van der Waals surface area contributed by atoms with Crippen molar-refractivity contribution >= 4 is 52.3 Å². The third-order valence-corrected chi connectivity index (χ3v) is 26.4. The average molecular weight is 633 g/mol. The number of ether oxygens (including phenoxy) is 2. The fourth-order valence-electron chi connectivity index (χ4n) is 7.91. The zero-order valence-corrected chi connectivity index (χ0v) is 28.6. The Morgan fingerprint density at radius 2 is 0.826 bits per heavy atom. The summed E-state index contributed by atoms with van der Waals surface area (Å²) < 4.78 is 11.9. The van der Waals surface area contributed by atoms with Gasteiger partial charge in [-0.05, 0) is 58.6 Å². The number of carbonyl (C=O) groups excluding carboxylic acids is 1. The number of aryl methyl sites for hydroxylation is 2. The van der Waals surface area contributed by atoms with E-state index in [1.165, 1.54) is 38.0 Å². The molecule has 0 radical (unpaired) electrons. The second-order valence-corrected chi connectivity index (χ2v) is 23.0. The second-order valence-electron chi connectivity index (χ2n) is 12.1. The molecule has 1 aliphatic rings. The summed E-state index contributed by atoms with van der Waals surface area (Å²) in [4.78, 5) is 12.3. The Balaban J connectivity index is 1.82. The lowest BCUT2D eigenvalue weighted by Crippen LogP contribution is -2.95. The minimum Gasteiger partial charge on any atom is -0.496 e. The normalized spacial score (nSPS) is 14.1. The van der Waals surface area contributed by atoms with Gasteiger partial charge in [-0.2, -0.15) is 0 Å². The topological polar surface area (TPSA) is 35.5 Å². The highest BCUT2D eigenvalue weighted by molar-refractivity contribution is 7.68. The molecule has 0 aliphatic carbocycles. The summed E-state index contributed by atoms with van der Waals surface area (Å²) in [6, 6.07) is 54.0. The van der Waals surface area contributed by atoms with Crippen molar-refractivity contribution in [3.8, 4) is 22.6 Å². The monoisotopic (exact) mass is 632 g/mol. The van der Waals surface area contributed by atoms with E-state index >= 15 is 0 Å². The average Bonchev–Trinajstić information content (AvgIpc) is 3.09. The van der Waals surface area contributed by atoms with Crippen molar-refractivity contribution in [3.63, 3.8) is 0 Å². The summed E-state index contributed by atoms with van der Waals surface area (Å²) in [5.41, 5.74) is 4.29. The molecule has 0 amide bonds. The van der Waals surface area contributed by atoms with Crippen molar-refractivity contribution < 1.29 is 14.3 Å². The van der Waals surface area contributed by atoms with Crippen molar-refractivity contribution in [2.75, 3.05) is 7.11 Å². The van der Waals surface area contributed by atoms with E-state index in [1.807, 2.05) is 0 Å². The molecule has 1 heterocycles. The molecule has 3 nitrogen and oxygen atoms in total. The van der Waals surface area contributed by atoms with Gasteiger partial charge in [-0.15, -0.1) is 0 Å².